The Balaban J connectivity index is 1.69. The lowest BCUT2D eigenvalue weighted by Gasteiger charge is -2.34. The minimum atomic E-state index is -0.715. The van der Waals surface area contributed by atoms with Crippen LogP contribution in [-0.4, -0.2) is 57.6 Å². The standard InChI is InChI=1S/C19H25N3O4/c1-10(2)13-9-26-19-5-6-21(14(19)8-15(23)22(13)19)18(25)16-11(3)7-12(4)20-17(16)24/h7,10,13-14H,5-6,8-9H2,1-4H3,(H,20,24)/t13-,14+,19-/m0/s1. The molecule has 3 aliphatic rings. The second kappa shape index (κ2) is 5.67. The molecule has 4 rings (SSSR count). The van der Waals surface area contributed by atoms with Crippen LogP contribution in [0.25, 0.3) is 0 Å². The van der Waals surface area contributed by atoms with Crippen molar-refractivity contribution >= 4 is 11.8 Å². The topological polar surface area (TPSA) is 82.7 Å². The number of likely N-dealkylation sites (tertiary alicyclic amines) is 1. The molecule has 3 atom stereocenters. The maximum Gasteiger partial charge on any atom is 0.261 e. The number of carbonyl (C=O) groups excluding carboxylic acids is 2. The fourth-order valence-electron chi connectivity index (χ4n) is 4.88. The van der Waals surface area contributed by atoms with Crippen LogP contribution in [0, 0.1) is 19.8 Å². The lowest BCUT2D eigenvalue weighted by atomic mass is 10.0. The summed E-state index contributed by atoms with van der Waals surface area (Å²) in [5.74, 6) is 0.0270. The van der Waals surface area contributed by atoms with E-state index in [1.54, 1.807) is 24.8 Å². The normalized spacial score (nSPS) is 30.3. The molecule has 0 unspecified atom stereocenters. The van der Waals surface area contributed by atoms with E-state index >= 15 is 0 Å². The second-order valence-electron chi connectivity index (χ2n) is 8.04. The van der Waals surface area contributed by atoms with Crippen molar-refractivity contribution in [3.05, 3.63) is 33.2 Å². The van der Waals surface area contributed by atoms with Crippen LogP contribution >= 0.6 is 0 Å². The number of aromatic nitrogens is 1. The highest BCUT2D eigenvalue weighted by atomic mass is 16.5. The third kappa shape index (κ3) is 2.19. The number of ether oxygens (including phenoxy) is 1. The first-order chi connectivity index (χ1) is 12.3. The minimum Gasteiger partial charge on any atom is -0.351 e. The highest BCUT2D eigenvalue weighted by Gasteiger charge is 2.65. The Kier molecular flexibility index (Phi) is 3.77. The Bertz CT molecular complexity index is 846. The molecule has 7 nitrogen and oxygen atoms in total. The molecule has 3 aliphatic heterocycles. The quantitative estimate of drug-likeness (QED) is 0.860. The molecule has 3 fully saturated rings. The summed E-state index contributed by atoms with van der Waals surface area (Å²) < 4.78 is 6.15. The van der Waals surface area contributed by atoms with E-state index in [9.17, 15) is 14.4 Å². The second-order valence-corrected chi connectivity index (χ2v) is 8.04. The van der Waals surface area contributed by atoms with E-state index in [4.69, 9.17) is 4.74 Å². The molecule has 1 aromatic rings. The summed E-state index contributed by atoms with van der Waals surface area (Å²) in [4.78, 5) is 44.5. The van der Waals surface area contributed by atoms with E-state index in [1.165, 1.54) is 0 Å². The molecule has 2 amide bonds. The summed E-state index contributed by atoms with van der Waals surface area (Å²) in [7, 11) is 0. The molecule has 3 saturated heterocycles. The van der Waals surface area contributed by atoms with Crippen molar-refractivity contribution in [3.8, 4) is 0 Å². The van der Waals surface area contributed by atoms with Gasteiger partial charge in [0.2, 0.25) is 5.91 Å². The predicted octanol–water partition coefficient (Wildman–Crippen LogP) is 1.19. The summed E-state index contributed by atoms with van der Waals surface area (Å²) in [6.07, 6.45) is 0.860. The number of nitrogens with one attached hydrogen (secondary N) is 1. The number of rotatable bonds is 2. The summed E-state index contributed by atoms with van der Waals surface area (Å²) >= 11 is 0. The number of hydrogen-bond acceptors (Lipinski definition) is 4. The molecule has 0 aromatic carbocycles. The number of aromatic amines is 1. The molecule has 0 aliphatic carbocycles. The van der Waals surface area contributed by atoms with Crippen molar-refractivity contribution in [2.75, 3.05) is 13.2 Å². The molecule has 0 radical (unpaired) electrons. The zero-order valence-electron chi connectivity index (χ0n) is 15.7. The van der Waals surface area contributed by atoms with Crippen LogP contribution in [0.5, 0.6) is 0 Å². The Labute approximate surface area is 152 Å². The minimum absolute atomic E-state index is 0.0400. The molecule has 1 N–H and O–H groups in total. The zero-order valence-corrected chi connectivity index (χ0v) is 15.7. The molecule has 0 saturated carbocycles. The molecule has 0 bridgehead atoms. The number of pyridine rings is 1. The van der Waals surface area contributed by atoms with Gasteiger partial charge in [-0.15, -0.1) is 0 Å². The van der Waals surface area contributed by atoms with Gasteiger partial charge in [-0.1, -0.05) is 13.8 Å². The Morgan fingerprint density at radius 3 is 2.73 bits per heavy atom. The maximum atomic E-state index is 13.2. The third-order valence-electron chi connectivity index (χ3n) is 6.10. The smallest absolute Gasteiger partial charge is 0.261 e. The highest BCUT2D eigenvalue weighted by Crippen LogP contribution is 2.49. The van der Waals surface area contributed by atoms with Gasteiger partial charge in [0.1, 0.15) is 5.56 Å². The van der Waals surface area contributed by atoms with E-state index in [1.807, 2.05) is 4.90 Å². The van der Waals surface area contributed by atoms with Crippen molar-refractivity contribution in [3.63, 3.8) is 0 Å². The van der Waals surface area contributed by atoms with Crippen molar-refractivity contribution in [1.82, 2.24) is 14.8 Å². The number of carbonyl (C=O) groups is 2. The van der Waals surface area contributed by atoms with E-state index in [0.717, 1.165) is 5.69 Å². The van der Waals surface area contributed by atoms with Crippen LogP contribution in [-0.2, 0) is 9.53 Å². The lowest BCUT2D eigenvalue weighted by Crippen LogP contribution is -2.51. The summed E-state index contributed by atoms with van der Waals surface area (Å²) in [5, 5.41) is 0. The van der Waals surface area contributed by atoms with Crippen molar-refractivity contribution < 1.29 is 14.3 Å². The van der Waals surface area contributed by atoms with Gasteiger partial charge < -0.3 is 19.5 Å². The van der Waals surface area contributed by atoms with Crippen LogP contribution in [0.15, 0.2) is 10.9 Å². The van der Waals surface area contributed by atoms with Crippen LogP contribution in [0.4, 0.5) is 0 Å². The Morgan fingerprint density at radius 2 is 2.08 bits per heavy atom. The van der Waals surface area contributed by atoms with Crippen LogP contribution in [0.2, 0.25) is 0 Å². The predicted molar refractivity (Wildman–Crippen MR) is 94.8 cm³/mol. The van der Waals surface area contributed by atoms with Gasteiger partial charge in [-0.3, -0.25) is 14.4 Å². The highest BCUT2D eigenvalue weighted by molar-refractivity contribution is 5.96. The largest absolute Gasteiger partial charge is 0.351 e. The average Bonchev–Trinajstić information content (AvgIpc) is 3.15. The van der Waals surface area contributed by atoms with Crippen molar-refractivity contribution in [2.45, 2.75) is 58.3 Å². The third-order valence-corrected chi connectivity index (χ3v) is 6.10. The summed E-state index contributed by atoms with van der Waals surface area (Å²) in [6.45, 7) is 8.73. The van der Waals surface area contributed by atoms with E-state index in [0.29, 0.717) is 31.1 Å². The first kappa shape index (κ1) is 17.3. The van der Waals surface area contributed by atoms with Gasteiger partial charge in [0.15, 0.2) is 5.72 Å². The van der Waals surface area contributed by atoms with Gasteiger partial charge in [-0.25, -0.2) is 0 Å². The Morgan fingerprint density at radius 1 is 1.35 bits per heavy atom. The number of amides is 2. The summed E-state index contributed by atoms with van der Waals surface area (Å²) in [5.41, 5.74) is 0.459. The van der Waals surface area contributed by atoms with E-state index < -0.39 is 5.72 Å². The first-order valence-electron chi connectivity index (χ1n) is 9.24. The molecule has 1 aromatic heterocycles. The fraction of sp³-hybridized carbons (Fsp3) is 0.632. The SMILES string of the molecule is Cc1cc(C)c(C(=O)N2CC[C@@]34OC[C@@H](C(C)C)N3C(=O)C[C@@H]24)c(=O)[nH]1. The van der Waals surface area contributed by atoms with Gasteiger partial charge in [0.05, 0.1) is 25.1 Å². The van der Waals surface area contributed by atoms with Crippen LogP contribution < -0.4 is 5.56 Å². The molecular weight excluding hydrogens is 334 g/mol. The summed E-state index contributed by atoms with van der Waals surface area (Å²) in [6, 6.07) is 1.52. The van der Waals surface area contributed by atoms with E-state index in [-0.39, 0.29) is 41.4 Å². The van der Waals surface area contributed by atoms with Gasteiger partial charge >= 0.3 is 0 Å². The zero-order chi connectivity index (χ0) is 18.8. The molecule has 1 spiro atoms. The van der Waals surface area contributed by atoms with Crippen molar-refractivity contribution in [1.29, 1.82) is 0 Å². The number of nitrogens with zero attached hydrogens (tertiary/aromatic N) is 2. The molecular formula is C19H25N3O4. The first-order valence-corrected chi connectivity index (χ1v) is 9.24. The molecule has 4 heterocycles. The fourth-order valence-corrected chi connectivity index (χ4v) is 4.88. The molecule has 140 valence electrons. The number of hydrogen-bond donors (Lipinski definition) is 1. The number of aryl methyl sites for hydroxylation is 2. The van der Waals surface area contributed by atoms with Gasteiger partial charge in [-0.2, -0.15) is 0 Å². The van der Waals surface area contributed by atoms with E-state index in [2.05, 4.69) is 18.8 Å². The molecule has 26 heavy (non-hydrogen) atoms. The number of H-pyrrole nitrogens is 1. The van der Waals surface area contributed by atoms with Crippen LogP contribution in [0.1, 0.15) is 48.3 Å². The monoisotopic (exact) mass is 359 g/mol. The average molecular weight is 359 g/mol. The Hall–Kier alpha value is -2.15. The van der Waals surface area contributed by atoms with Gasteiger partial charge in [0.25, 0.3) is 11.5 Å². The van der Waals surface area contributed by atoms with Crippen LogP contribution in [0.3, 0.4) is 0 Å². The van der Waals surface area contributed by atoms with Gasteiger partial charge in [0, 0.05) is 18.7 Å². The van der Waals surface area contributed by atoms with Gasteiger partial charge in [-0.05, 0) is 31.4 Å². The maximum absolute atomic E-state index is 13.2. The van der Waals surface area contributed by atoms with Crippen molar-refractivity contribution in [2.24, 2.45) is 5.92 Å². The lowest BCUT2D eigenvalue weighted by molar-refractivity contribution is -0.139. The molecule has 7 heteroatoms.